The van der Waals surface area contributed by atoms with Gasteiger partial charge in [0.1, 0.15) is 0 Å². The maximum absolute atomic E-state index is 12.8. The van der Waals surface area contributed by atoms with Crippen LogP contribution in [-0.4, -0.2) is 40.1 Å². The first-order valence-corrected chi connectivity index (χ1v) is 8.60. The van der Waals surface area contributed by atoms with Crippen LogP contribution in [0.15, 0.2) is 28.8 Å². The van der Waals surface area contributed by atoms with Crippen LogP contribution in [0.2, 0.25) is 0 Å². The molecule has 2 aliphatic rings. The van der Waals surface area contributed by atoms with Crippen molar-refractivity contribution in [3.8, 4) is 0 Å². The molecule has 1 amide bonds. The number of carbonyl (C=O) groups is 1. The van der Waals surface area contributed by atoms with Crippen LogP contribution in [0.4, 0.5) is 0 Å². The summed E-state index contributed by atoms with van der Waals surface area (Å²) in [6, 6.07) is 8.24. The molecule has 24 heavy (non-hydrogen) atoms. The first-order valence-electron chi connectivity index (χ1n) is 8.60. The van der Waals surface area contributed by atoms with Gasteiger partial charge in [-0.05, 0) is 30.4 Å². The summed E-state index contributed by atoms with van der Waals surface area (Å²) >= 11 is 0. The van der Waals surface area contributed by atoms with E-state index in [9.17, 15) is 4.79 Å². The molecule has 0 aliphatic carbocycles. The topological polar surface area (TPSA) is 71.3 Å². The number of aromatic nitrogens is 2. The van der Waals surface area contributed by atoms with E-state index in [1.165, 1.54) is 11.1 Å². The second kappa shape index (κ2) is 6.36. The molecule has 1 atom stereocenters. The van der Waals surface area contributed by atoms with Gasteiger partial charge in [-0.1, -0.05) is 29.4 Å². The van der Waals surface area contributed by atoms with E-state index >= 15 is 0 Å². The number of likely N-dealkylation sites (tertiary alicyclic amines) is 1. The zero-order chi connectivity index (χ0) is 16.5. The molecule has 6 nitrogen and oxygen atoms in total. The fraction of sp³-hybridized carbons (Fsp3) is 0.500. The molecule has 2 aliphatic heterocycles. The van der Waals surface area contributed by atoms with Crippen molar-refractivity contribution in [2.24, 2.45) is 0 Å². The highest BCUT2D eigenvalue weighted by Crippen LogP contribution is 2.27. The zero-order valence-electron chi connectivity index (χ0n) is 13.9. The normalized spacial score (nSPS) is 21.5. The third-order valence-corrected chi connectivity index (χ3v) is 5.09. The first kappa shape index (κ1) is 15.3. The van der Waals surface area contributed by atoms with Gasteiger partial charge in [0.25, 0.3) is 0 Å². The Labute approximate surface area is 141 Å². The van der Waals surface area contributed by atoms with Gasteiger partial charge >= 0.3 is 0 Å². The number of piperidine rings is 1. The summed E-state index contributed by atoms with van der Waals surface area (Å²) in [4.78, 5) is 19.1. The molecule has 1 fully saturated rings. The number of amides is 1. The molecule has 2 aromatic rings. The SMILES string of the molecule is Cc1nc(C2CCN(C(=O)[C@@H]3Cc4ccccc4CN3)CC2)no1. The number of rotatable bonds is 2. The van der Waals surface area contributed by atoms with Gasteiger partial charge in [0.05, 0.1) is 6.04 Å². The van der Waals surface area contributed by atoms with Gasteiger partial charge in [0.15, 0.2) is 5.82 Å². The molecule has 126 valence electrons. The van der Waals surface area contributed by atoms with E-state index in [4.69, 9.17) is 4.52 Å². The number of hydrogen-bond donors (Lipinski definition) is 1. The molecule has 1 aromatic carbocycles. The number of benzene rings is 1. The van der Waals surface area contributed by atoms with Crippen LogP contribution in [0.5, 0.6) is 0 Å². The molecule has 1 aromatic heterocycles. The quantitative estimate of drug-likeness (QED) is 0.911. The predicted molar refractivity (Wildman–Crippen MR) is 88.4 cm³/mol. The summed E-state index contributed by atoms with van der Waals surface area (Å²) in [6.07, 6.45) is 2.57. The van der Waals surface area contributed by atoms with Crippen LogP contribution in [0, 0.1) is 6.92 Å². The maximum atomic E-state index is 12.8. The average molecular weight is 326 g/mol. The van der Waals surface area contributed by atoms with Gasteiger partial charge in [0, 0.05) is 32.5 Å². The van der Waals surface area contributed by atoms with E-state index in [-0.39, 0.29) is 11.9 Å². The van der Waals surface area contributed by atoms with Crippen LogP contribution >= 0.6 is 0 Å². The third-order valence-electron chi connectivity index (χ3n) is 5.09. The third kappa shape index (κ3) is 2.94. The second-order valence-corrected chi connectivity index (χ2v) is 6.68. The smallest absolute Gasteiger partial charge is 0.240 e. The van der Waals surface area contributed by atoms with Crippen molar-refractivity contribution < 1.29 is 9.32 Å². The lowest BCUT2D eigenvalue weighted by molar-refractivity contribution is -0.134. The highest BCUT2D eigenvalue weighted by molar-refractivity contribution is 5.82. The van der Waals surface area contributed by atoms with Gasteiger partial charge in [-0.3, -0.25) is 4.79 Å². The van der Waals surface area contributed by atoms with E-state index in [2.05, 4.69) is 27.6 Å². The first-order chi connectivity index (χ1) is 11.7. The Kier molecular flexibility index (Phi) is 4.06. The van der Waals surface area contributed by atoms with Gasteiger partial charge < -0.3 is 14.7 Å². The lowest BCUT2D eigenvalue weighted by atomic mass is 9.93. The molecule has 0 bridgehead atoms. The largest absolute Gasteiger partial charge is 0.341 e. The van der Waals surface area contributed by atoms with Gasteiger partial charge in [-0.2, -0.15) is 4.98 Å². The lowest BCUT2D eigenvalue weighted by Crippen LogP contribution is -2.51. The van der Waals surface area contributed by atoms with Gasteiger partial charge in [0.2, 0.25) is 11.8 Å². The summed E-state index contributed by atoms with van der Waals surface area (Å²) in [5.41, 5.74) is 2.58. The van der Waals surface area contributed by atoms with E-state index in [0.717, 1.165) is 44.7 Å². The number of nitrogens with one attached hydrogen (secondary N) is 1. The minimum Gasteiger partial charge on any atom is -0.341 e. The van der Waals surface area contributed by atoms with Crippen LogP contribution in [0.25, 0.3) is 0 Å². The Morgan fingerprint density at radius 3 is 2.71 bits per heavy atom. The summed E-state index contributed by atoms with van der Waals surface area (Å²) in [6.45, 7) is 4.10. The standard InChI is InChI=1S/C18H22N4O2/c1-12-20-17(21-24-12)13-6-8-22(9-7-13)18(23)16-10-14-4-2-3-5-15(14)11-19-16/h2-5,13,16,19H,6-11H2,1H3/t16-/m0/s1. The molecular weight excluding hydrogens is 304 g/mol. The Morgan fingerprint density at radius 1 is 1.25 bits per heavy atom. The minimum absolute atomic E-state index is 0.108. The molecule has 1 N–H and O–H groups in total. The summed E-state index contributed by atoms with van der Waals surface area (Å²) in [5, 5.41) is 7.41. The van der Waals surface area contributed by atoms with Crippen LogP contribution in [0.1, 0.15) is 41.6 Å². The molecule has 0 spiro atoms. The van der Waals surface area contributed by atoms with Crippen LogP contribution < -0.4 is 5.32 Å². The Hall–Kier alpha value is -2.21. The Bertz CT molecular complexity index is 734. The molecule has 1 saturated heterocycles. The predicted octanol–water partition coefficient (Wildman–Crippen LogP) is 1.80. The summed E-state index contributed by atoms with van der Waals surface area (Å²) < 4.78 is 5.07. The minimum atomic E-state index is -0.108. The van der Waals surface area contributed by atoms with Crippen molar-refractivity contribution in [2.75, 3.05) is 13.1 Å². The van der Waals surface area contributed by atoms with Crippen molar-refractivity contribution >= 4 is 5.91 Å². The second-order valence-electron chi connectivity index (χ2n) is 6.68. The highest BCUT2D eigenvalue weighted by Gasteiger charge is 2.31. The van der Waals surface area contributed by atoms with Crippen LogP contribution in [0.3, 0.4) is 0 Å². The molecule has 4 rings (SSSR count). The van der Waals surface area contributed by atoms with Crippen molar-refractivity contribution in [3.05, 3.63) is 47.1 Å². The molecule has 0 radical (unpaired) electrons. The average Bonchev–Trinajstić information content (AvgIpc) is 3.07. The number of carbonyl (C=O) groups excluding carboxylic acids is 1. The van der Waals surface area contributed by atoms with E-state index in [1.807, 2.05) is 24.0 Å². The molecular formula is C18H22N4O2. The fourth-order valence-corrected chi connectivity index (χ4v) is 3.69. The Balaban J connectivity index is 1.37. The van der Waals surface area contributed by atoms with Gasteiger partial charge in [-0.25, -0.2) is 0 Å². The van der Waals surface area contributed by atoms with Crippen LogP contribution in [-0.2, 0) is 17.8 Å². The summed E-state index contributed by atoms with van der Waals surface area (Å²) in [7, 11) is 0. The fourth-order valence-electron chi connectivity index (χ4n) is 3.69. The Morgan fingerprint density at radius 2 is 2.00 bits per heavy atom. The monoisotopic (exact) mass is 326 g/mol. The van der Waals surface area contributed by atoms with E-state index < -0.39 is 0 Å². The molecule has 0 saturated carbocycles. The van der Waals surface area contributed by atoms with E-state index in [1.54, 1.807) is 0 Å². The van der Waals surface area contributed by atoms with Crippen molar-refractivity contribution in [2.45, 2.75) is 44.7 Å². The number of hydrogen-bond acceptors (Lipinski definition) is 5. The molecule has 3 heterocycles. The maximum Gasteiger partial charge on any atom is 0.240 e. The number of fused-ring (bicyclic) bond motifs is 1. The van der Waals surface area contributed by atoms with Gasteiger partial charge in [-0.15, -0.1) is 0 Å². The highest BCUT2D eigenvalue weighted by atomic mass is 16.5. The van der Waals surface area contributed by atoms with E-state index in [0.29, 0.717) is 11.8 Å². The molecule has 6 heteroatoms. The number of nitrogens with zero attached hydrogens (tertiary/aromatic N) is 3. The molecule has 0 unspecified atom stereocenters. The summed E-state index contributed by atoms with van der Waals surface area (Å²) in [5.74, 6) is 1.90. The lowest BCUT2D eigenvalue weighted by Gasteiger charge is -2.35. The van der Waals surface area contributed by atoms with Crippen molar-refractivity contribution in [1.82, 2.24) is 20.4 Å². The number of aryl methyl sites for hydroxylation is 1. The zero-order valence-corrected chi connectivity index (χ0v) is 13.9. The van der Waals surface area contributed by atoms with Crippen molar-refractivity contribution in [3.63, 3.8) is 0 Å². The van der Waals surface area contributed by atoms with Crippen molar-refractivity contribution in [1.29, 1.82) is 0 Å².